The Morgan fingerprint density at radius 3 is 2.37 bits per heavy atom. The topological polar surface area (TPSA) is 81.5 Å². The van der Waals surface area contributed by atoms with Crippen molar-refractivity contribution in [3.8, 4) is 0 Å². The number of non-ortho nitro benzene ring substituents is 1. The summed E-state index contributed by atoms with van der Waals surface area (Å²) >= 11 is 0. The second kappa shape index (κ2) is 10.7. The van der Waals surface area contributed by atoms with Crippen LogP contribution in [-0.2, 0) is 16.1 Å². The van der Waals surface area contributed by atoms with E-state index in [-0.39, 0.29) is 11.6 Å². The Kier molecular flexibility index (Phi) is 7.46. The van der Waals surface area contributed by atoms with Crippen molar-refractivity contribution >= 4 is 23.2 Å². The molecule has 0 bridgehead atoms. The molecule has 0 atom stereocenters. The van der Waals surface area contributed by atoms with Gasteiger partial charge in [0, 0.05) is 24.3 Å². The maximum Gasteiger partial charge on any atom is 0.270 e. The molecule has 30 heavy (non-hydrogen) atoms. The highest BCUT2D eigenvalue weighted by Gasteiger charge is 2.13. The number of nitrogens with one attached hydrogen (secondary N) is 1. The predicted octanol–water partition coefficient (Wildman–Crippen LogP) is 4.47. The van der Waals surface area contributed by atoms with Crippen LogP contribution in [-0.4, -0.2) is 24.0 Å². The molecule has 3 aromatic carbocycles. The lowest BCUT2D eigenvalue weighted by atomic mass is 10.0. The van der Waals surface area contributed by atoms with Crippen LogP contribution in [0.25, 0.3) is 11.6 Å². The van der Waals surface area contributed by atoms with E-state index >= 15 is 0 Å². The minimum Gasteiger partial charge on any atom is -0.375 e. The van der Waals surface area contributed by atoms with Crippen LogP contribution < -0.4 is 5.32 Å². The average molecular weight is 402 g/mol. The maximum atomic E-state index is 12.8. The Labute approximate surface area is 175 Å². The first-order valence-electron chi connectivity index (χ1n) is 9.55. The van der Waals surface area contributed by atoms with Crippen LogP contribution in [0.1, 0.15) is 16.7 Å². The van der Waals surface area contributed by atoms with Crippen LogP contribution in [0, 0.1) is 10.1 Å². The third-order valence-corrected chi connectivity index (χ3v) is 4.36. The summed E-state index contributed by atoms with van der Waals surface area (Å²) in [5.41, 5.74) is 2.79. The lowest BCUT2D eigenvalue weighted by Crippen LogP contribution is -2.28. The normalized spacial score (nSPS) is 11.1. The van der Waals surface area contributed by atoms with Gasteiger partial charge in [-0.3, -0.25) is 14.9 Å². The molecule has 6 heteroatoms. The van der Waals surface area contributed by atoms with E-state index < -0.39 is 4.92 Å². The SMILES string of the molecule is O=C(NCCOCc1ccccc1)/C(=C/c1cccc([N+](=O)[O-])c1)c1ccccc1. The summed E-state index contributed by atoms with van der Waals surface area (Å²) in [6, 6.07) is 25.2. The molecular weight excluding hydrogens is 380 g/mol. The Morgan fingerprint density at radius 2 is 1.67 bits per heavy atom. The van der Waals surface area contributed by atoms with Crippen LogP contribution in [0.3, 0.4) is 0 Å². The number of rotatable bonds is 9. The number of carbonyl (C=O) groups is 1. The van der Waals surface area contributed by atoms with E-state index in [1.54, 1.807) is 18.2 Å². The summed E-state index contributed by atoms with van der Waals surface area (Å²) in [6.45, 7) is 1.20. The molecule has 0 saturated carbocycles. The third-order valence-electron chi connectivity index (χ3n) is 4.36. The van der Waals surface area contributed by atoms with E-state index in [1.807, 2.05) is 60.7 Å². The fraction of sp³-hybridized carbons (Fsp3) is 0.125. The van der Waals surface area contributed by atoms with Gasteiger partial charge < -0.3 is 10.1 Å². The summed E-state index contributed by atoms with van der Waals surface area (Å²) in [5.74, 6) is -0.268. The highest BCUT2D eigenvalue weighted by atomic mass is 16.6. The molecule has 0 unspecified atom stereocenters. The zero-order chi connectivity index (χ0) is 21.2. The first-order chi connectivity index (χ1) is 14.6. The van der Waals surface area contributed by atoms with Crippen molar-refractivity contribution in [1.29, 1.82) is 0 Å². The molecule has 0 aliphatic heterocycles. The van der Waals surface area contributed by atoms with E-state index in [0.29, 0.717) is 30.9 Å². The summed E-state index contributed by atoms with van der Waals surface area (Å²) in [6.07, 6.45) is 1.66. The van der Waals surface area contributed by atoms with Gasteiger partial charge in [0.2, 0.25) is 0 Å². The molecule has 1 N–H and O–H groups in total. The van der Waals surface area contributed by atoms with Gasteiger partial charge in [-0.2, -0.15) is 0 Å². The van der Waals surface area contributed by atoms with Gasteiger partial charge in [-0.1, -0.05) is 72.8 Å². The number of nitrogens with zero attached hydrogens (tertiary/aromatic N) is 1. The van der Waals surface area contributed by atoms with Crippen molar-refractivity contribution in [2.24, 2.45) is 0 Å². The molecule has 0 aliphatic carbocycles. The fourth-order valence-corrected chi connectivity index (χ4v) is 2.89. The molecule has 0 radical (unpaired) electrons. The number of hydrogen-bond donors (Lipinski definition) is 1. The monoisotopic (exact) mass is 402 g/mol. The fourth-order valence-electron chi connectivity index (χ4n) is 2.89. The maximum absolute atomic E-state index is 12.8. The van der Waals surface area contributed by atoms with Gasteiger partial charge in [-0.05, 0) is 22.8 Å². The average Bonchev–Trinajstić information content (AvgIpc) is 2.78. The van der Waals surface area contributed by atoms with Crippen molar-refractivity contribution < 1.29 is 14.5 Å². The lowest BCUT2D eigenvalue weighted by Gasteiger charge is -2.10. The Bertz CT molecular complexity index is 1020. The minimum absolute atomic E-state index is 0.0223. The molecule has 0 aromatic heterocycles. The zero-order valence-electron chi connectivity index (χ0n) is 16.4. The number of ether oxygens (including phenoxy) is 1. The quantitative estimate of drug-likeness (QED) is 0.188. The molecule has 6 nitrogen and oxygen atoms in total. The molecule has 0 saturated heterocycles. The van der Waals surface area contributed by atoms with Crippen LogP contribution in [0.15, 0.2) is 84.9 Å². The highest BCUT2D eigenvalue weighted by Crippen LogP contribution is 2.21. The van der Waals surface area contributed by atoms with Gasteiger partial charge in [0.05, 0.1) is 18.1 Å². The number of nitro groups is 1. The van der Waals surface area contributed by atoms with Crippen LogP contribution in [0.4, 0.5) is 5.69 Å². The molecule has 152 valence electrons. The molecule has 0 heterocycles. The van der Waals surface area contributed by atoms with E-state index in [0.717, 1.165) is 11.1 Å². The summed E-state index contributed by atoms with van der Waals surface area (Å²) in [5, 5.41) is 13.9. The summed E-state index contributed by atoms with van der Waals surface area (Å²) in [4.78, 5) is 23.4. The van der Waals surface area contributed by atoms with Crippen molar-refractivity contribution in [2.45, 2.75) is 6.61 Å². The second-order valence-corrected chi connectivity index (χ2v) is 6.57. The number of nitro benzene ring substituents is 1. The minimum atomic E-state index is -0.455. The van der Waals surface area contributed by atoms with E-state index in [9.17, 15) is 14.9 Å². The van der Waals surface area contributed by atoms with Gasteiger partial charge in [0.15, 0.2) is 0 Å². The summed E-state index contributed by atoms with van der Waals surface area (Å²) < 4.78 is 5.61. The smallest absolute Gasteiger partial charge is 0.270 e. The van der Waals surface area contributed by atoms with Crippen molar-refractivity contribution in [3.05, 3.63) is 112 Å². The molecule has 3 aromatic rings. The lowest BCUT2D eigenvalue weighted by molar-refractivity contribution is -0.384. The second-order valence-electron chi connectivity index (χ2n) is 6.57. The number of amides is 1. The molecular formula is C24H22N2O4. The number of benzene rings is 3. The van der Waals surface area contributed by atoms with Gasteiger partial charge in [0.1, 0.15) is 0 Å². The summed E-state index contributed by atoms with van der Waals surface area (Å²) in [7, 11) is 0. The van der Waals surface area contributed by atoms with Gasteiger partial charge >= 0.3 is 0 Å². The highest BCUT2D eigenvalue weighted by molar-refractivity contribution is 6.24. The van der Waals surface area contributed by atoms with Crippen LogP contribution >= 0.6 is 0 Å². The Morgan fingerprint density at radius 1 is 0.967 bits per heavy atom. The molecule has 0 aliphatic rings. The first kappa shape index (κ1) is 21.0. The van der Waals surface area contributed by atoms with Gasteiger partial charge in [-0.25, -0.2) is 0 Å². The van der Waals surface area contributed by atoms with Crippen molar-refractivity contribution in [2.75, 3.05) is 13.2 Å². The largest absolute Gasteiger partial charge is 0.375 e. The Balaban J connectivity index is 1.67. The van der Waals surface area contributed by atoms with Crippen molar-refractivity contribution in [3.63, 3.8) is 0 Å². The van der Waals surface area contributed by atoms with Gasteiger partial charge in [-0.15, -0.1) is 0 Å². The van der Waals surface area contributed by atoms with Crippen molar-refractivity contribution in [1.82, 2.24) is 5.32 Å². The number of hydrogen-bond acceptors (Lipinski definition) is 4. The molecule has 3 rings (SSSR count). The molecule has 0 spiro atoms. The van der Waals surface area contributed by atoms with E-state index in [2.05, 4.69) is 5.32 Å². The predicted molar refractivity (Wildman–Crippen MR) is 117 cm³/mol. The molecule has 1 amide bonds. The number of carbonyl (C=O) groups excluding carboxylic acids is 1. The molecule has 0 fully saturated rings. The Hall–Kier alpha value is -3.77. The van der Waals surface area contributed by atoms with E-state index in [1.165, 1.54) is 12.1 Å². The first-order valence-corrected chi connectivity index (χ1v) is 9.55. The zero-order valence-corrected chi connectivity index (χ0v) is 16.4. The van der Waals surface area contributed by atoms with Crippen LogP contribution in [0.2, 0.25) is 0 Å². The third kappa shape index (κ3) is 6.12. The van der Waals surface area contributed by atoms with Crippen LogP contribution in [0.5, 0.6) is 0 Å². The standard InChI is InChI=1S/C24H22N2O4/c27-24(25-14-15-30-18-19-8-3-1-4-9-19)23(21-11-5-2-6-12-21)17-20-10-7-13-22(16-20)26(28)29/h1-13,16-17H,14-15,18H2,(H,25,27)/b23-17+. The van der Waals surface area contributed by atoms with Gasteiger partial charge in [0.25, 0.3) is 11.6 Å². The van der Waals surface area contributed by atoms with E-state index in [4.69, 9.17) is 4.74 Å².